The molecule has 2 fully saturated rings. The minimum atomic E-state index is -1.13. The number of urea groups is 1. The lowest BCUT2D eigenvalue weighted by Crippen LogP contribution is -2.47. The fraction of sp³-hybridized carbons (Fsp3) is 0.769. The molecule has 2 saturated heterocycles. The molecule has 118 valence electrons. The van der Waals surface area contributed by atoms with Crippen LogP contribution in [0.3, 0.4) is 0 Å². The maximum Gasteiger partial charge on any atom is 0.326 e. The van der Waals surface area contributed by atoms with Gasteiger partial charge in [-0.05, 0) is 5.92 Å². The van der Waals surface area contributed by atoms with Crippen LogP contribution in [0.25, 0.3) is 0 Å². The largest absolute Gasteiger partial charge is 0.480 e. The predicted molar refractivity (Wildman–Crippen MR) is 70.4 cm³/mol. The van der Waals surface area contributed by atoms with E-state index in [1.807, 2.05) is 6.92 Å². The number of carboxylic acids is 1. The number of esters is 1. The van der Waals surface area contributed by atoms with Crippen molar-refractivity contribution in [2.75, 3.05) is 26.7 Å². The van der Waals surface area contributed by atoms with Gasteiger partial charge < -0.3 is 24.7 Å². The summed E-state index contributed by atoms with van der Waals surface area (Å²) in [6, 6.07) is -1.46. The molecule has 2 aliphatic rings. The number of nitrogens with zero attached hydrogens (tertiary/aromatic N) is 2. The molecule has 0 bridgehead atoms. The van der Waals surface area contributed by atoms with Crippen molar-refractivity contribution in [2.45, 2.75) is 25.5 Å². The summed E-state index contributed by atoms with van der Waals surface area (Å²) in [6.45, 7) is 2.44. The van der Waals surface area contributed by atoms with Crippen LogP contribution in [-0.4, -0.2) is 76.9 Å². The number of amides is 2. The number of carbonyl (C=O) groups excluding carboxylic acids is 2. The quantitative estimate of drug-likeness (QED) is 0.657. The molecule has 0 aromatic heterocycles. The molecule has 2 heterocycles. The second-order valence-electron chi connectivity index (χ2n) is 5.69. The van der Waals surface area contributed by atoms with Crippen molar-refractivity contribution in [1.82, 2.24) is 9.80 Å². The van der Waals surface area contributed by atoms with Gasteiger partial charge in [-0.25, -0.2) is 9.59 Å². The average molecular weight is 300 g/mol. The normalized spacial score (nSPS) is 32.3. The standard InChI is InChI=1S/C13H20N2O6/c1-7-4-14(6-9(7)12(19)21-2)13(20)15-5-8(16)3-10(15)11(17)18/h7-10,16H,3-6H2,1-2H3,(H,17,18)/t7?,8-,9?,10-/m1/s1. The summed E-state index contributed by atoms with van der Waals surface area (Å²) >= 11 is 0. The molecule has 0 saturated carbocycles. The van der Waals surface area contributed by atoms with Crippen LogP contribution in [0, 0.1) is 11.8 Å². The van der Waals surface area contributed by atoms with E-state index >= 15 is 0 Å². The number of aliphatic hydroxyl groups excluding tert-OH is 1. The topological polar surface area (TPSA) is 107 Å². The zero-order valence-electron chi connectivity index (χ0n) is 12.1. The number of rotatable bonds is 2. The Balaban J connectivity index is 2.07. The monoisotopic (exact) mass is 300 g/mol. The third-order valence-electron chi connectivity index (χ3n) is 4.20. The highest BCUT2D eigenvalue weighted by molar-refractivity contribution is 5.84. The highest BCUT2D eigenvalue weighted by atomic mass is 16.5. The molecule has 2 N–H and O–H groups in total. The van der Waals surface area contributed by atoms with Crippen molar-refractivity contribution in [1.29, 1.82) is 0 Å². The lowest BCUT2D eigenvalue weighted by molar-refractivity contribution is -0.146. The lowest BCUT2D eigenvalue weighted by Gasteiger charge is -2.27. The van der Waals surface area contributed by atoms with Crippen molar-refractivity contribution < 1.29 is 29.3 Å². The number of ether oxygens (including phenoxy) is 1. The minimum Gasteiger partial charge on any atom is -0.480 e. The van der Waals surface area contributed by atoms with Gasteiger partial charge in [-0.15, -0.1) is 0 Å². The molecule has 0 aromatic rings. The predicted octanol–water partition coefficient (Wildman–Crippen LogP) is -0.633. The molecule has 0 spiro atoms. The van der Waals surface area contributed by atoms with Gasteiger partial charge in [0.2, 0.25) is 0 Å². The second kappa shape index (κ2) is 5.88. The van der Waals surface area contributed by atoms with Crippen LogP contribution in [0.5, 0.6) is 0 Å². The molecule has 2 unspecified atom stereocenters. The van der Waals surface area contributed by atoms with Crippen molar-refractivity contribution >= 4 is 18.0 Å². The van der Waals surface area contributed by atoms with Gasteiger partial charge in [0.05, 0.1) is 19.1 Å². The Morgan fingerprint density at radius 3 is 2.43 bits per heavy atom. The van der Waals surface area contributed by atoms with E-state index in [0.717, 1.165) is 0 Å². The SMILES string of the molecule is COC(=O)C1CN(C(=O)N2C[C@H](O)C[C@@H]2C(=O)O)CC1C. The third kappa shape index (κ3) is 2.94. The molecule has 8 nitrogen and oxygen atoms in total. The van der Waals surface area contributed by atoms with Crippen LogP contribution >= 0.6 is 0 Å². The Kier molecular flexibility index (Phi) is 4.36. The highest BCUT2D eigenvalue weighted by Crippen LogP contribution is 2.27. The third-order valence-corrected chi connectivity index (χ3v) is 4.20. The number of hydrogen-bond donors (Lipinski definition) is 2. The smallest absolute Gasteiger partial charge is 0.326 e. The van der Waals surface area contributed by atoms with Crippen LogP contribution in [-0.2, 0) is 14.3 Å². The Morgan fingerprint density at radius 2 is 1.86 bits per heavy atom. The number of likely N-dealkylation sites (tertiary alicyclic amines) is 2. The number of hydrogen-bond acceptors (Lipinski definition) is 5. The first kappa shape index (κ1) is 15.6. The van der Waals surface area contributed by atoms with Crippen LogP contribution < -0.4 is 0 Å². The Hall–Kier alpha value is -1.83. The number of β-amino-alcohol motifs (C(OH)–C–C–N with tert-alkyl or cyclic N) is 1. The molecule has 0 radical (unpaired) electrons. The number of carboxylic acid groups (broad SMARTS) is 1. The van der Waals surface area contributed by atoms with E-state index in [0.29, 0.717) is 6.54 Å². The molecular weight excluding hydrogens is 280 g/mol. The van der Waals surface area contributed by atoms with Crippen molar-refractivity contribution in [3.8, 4) is 0 Å². The summed E-state index contributed by atoms with van der Waals surface area (Å²) < 4.78 is 4.71. The van der Waals surface area contributed by atoms with Crippen molar-refractivity contribution in [3.05, 3.63) is 0 Å². The molecule has 21 heavy (non-hydrogen) atoms. The van der Waals surface area contributed by atoms with E-state index < -0.39 is 30.1 Å². The van der Waals surface area contributed by atoms with Crippen LogP contribution in [0.4, 0.5) is 4.79 Å². The zero-order chi connectivity index (χ0) is 15.7. The zero-order valence-corrected chi connectivity index (χ0v) is 12.1. The number of methoxy groups -OCH3 is 1. The van der Waals surface area contributed by atoms with Gasteiger partial charge in [0.1, 0.15) is 6.04 Å². The van der Waals surface area contributed by atoms with Crippen molar-refractivity contribution in [3.63, 3.8) is 0 Å². The molecule has 2 amide bonds. The maximum atomic E-state index is 12.4. The van der Waals surface area contributed by atoms with E-state index in [2.05, 4.69) is 0 Å². The van der Waals surface area contributed by atoms with Gasteiger partial charge in [0.15, 0.2) is 0 Å². The summed E-state index contributed by atoms with van der Waals surface area (Å²) in [5, 5.41) is 18.7. The molecule has 0 aromatic carbocycles. The Bertz CT molecular complexity index is 454. The van der Waals surface area contributed by atoms with Crippen LogP contribution in [0.1, 0.15) is 13.3 Å². The van der Waals surface area contributed by atoms with Gasteiger partial charge in [-0.1, -0.05) is 6.92 Å². The fourth-order valence-electron chi connectivity index (χ4n) is 3.02. The summed E-state index contributed by atoms with van der Waals surface area (Å²) in [6.07, 6.45) is -0.795. The Labute approximate surface area is 122 Å². The number of aliphatic carboxylic acids is 1. The summed E-state index contributed by atoms with van der Waals surface area (Å²) in [5.74, 6) is -1.93. The number of aliphatic hydroxyl groups is 1. The van der Waals surface area contributed by atoms with E-state index in [1.165, 1.54) is 16.9 Å². The lowest BCUT2D eigenvalue weighted by atomic mass is 9.99. The molecule has 4 atom stereocenters. The van der Waals surface area contributed by atoms with Gasteiger partial charge in [-0.2, -0.15) is 0 Å². The van der Waals surface area contributed by atoms with Crippen LogP contribution in [0.15, 0.2) is 0 Å². The van der Waals surface area contributed by atoms with Gasteiger partial charge in [0.25, 0.3) is 0 Å². The van der Waals surface area contributed by atoms with Gasteiger partial charge >= 0.3 is 18.0 Å². The first-order valence-electron chi connectivity index (χ1n) is 6.89. The molecule has 8 heteroatoms. The van der Waals surface area contributed by atoms with E-state index in [9.17, 15) is 19.5 Å². The van der Waals surface area contributed by atoms with E-state index in [-0.39, 0.29) is 31.4 Å². The van der Waals surface area contributed by atoms with Gasteiger partial charge in [0, 0.05) is 26.1 Å². The van der Waals surface area contributed by atoms with Crippen LogP contribution in [0.2, 0.25) is 0 Å². The average Bonchev–Trinajstić information content (AvgIpc) is 3.00. The molecule has 2 aliphatic heterocycles. The first-order valence-corrected chi connectivity index (χ1v) is 6.89. The van der Waals surface area contributed by atoms with E-state index in [4.69, 9.17) is 9.84 Å². The summed E-state index contributed by atoms with van der Waals surface area (Å²) in [5.41, 5.74) is 0. The molecular formula is C13H20N2O6. The second-order valence-corrected chi connectivity index (χ2v) is 5.69. The molecule has 2 rings (SSSR count). The van der Waals surface area contributed by atoms with Gasteiger partial charge in [-0.3, -0.25) is 4.79 Å². The summed E-state index contributed by atoms with van der Waals surface area (Å²) in [7, 11) is 1.30. The molecule has 0 aliphatic carbocycles. The summed E-state index contributed by atoms with van der Waals surface area (Å²) in [4.78, 5) is 37.9. The van der Waals surface area contributed by atoms with E-state index in [1.54, 1.807) is 0 Å². The fourth-order valence-corrected chi connectivity index (χ4v) is 3.02. The minimum absolute atomic E-state index is 0.00354. The highest BCUT2D eigenvalue weighted by Gasteiger charge is 2.44. The first-order chi connectivity index (χ1) is 9.85. The maximum absolute atomic E-state index is 12.4. The van der Waals surface area contributed by atoms with Crippen molar-refractivity contribution in [2.24, 2.45) is 11.8 Å². The Morgan fingerprint density at radius 1 is 1.19 bits per heavy atom. The number of carbonyl (C=O) groups is 3.